The van der Waals surface area contributed by atoms with E-state index >= 15 is 0 Å². The molecule has 2 aromatic carbocycles. The predicted molar refractivity (Wildman–Crippen MR) is 80.4 cm³/mol. The van der Waals surface area contributed by atoms with Gasteiger partial charge in [0.1, 0.15) is 0 Å². The molecule has 0 heterocycles. The fourth-order valence-corrected chi connectivity index (χ4v) is 2.53. The highest BCUT2D eigenvalue weighted by Gasteiger charge is 2.10. The zero-order valence-corrected chi connectivity index (χ0v) is 12.8. The summed E-state index contributed by atoms with van der Waals surface area (Å²) in [7, 11) is 0. The lowest BCUT2D eigenvalue weighted by atomic mass is 10.0. The zero-order chi connectivity index (χ0) is 14.5. The van der Waals surface area contributed by atoms with E-state index in [9.17, 15) is 8.78 Å². The molecule has 0 amide bonds. The van der Waals surface area contributed by atoms with Crippen LogP contribution in [0.2, 0.25) is 0 Å². The van der Waals surface area contributed by atoms with Crippen molar-refractivity contribution >= 4 is 15.9 Å². The summed E-state index contributed by atoms with van der Waals surface area (Å²) in [6, 6.07) is 12.2. The number of hydrogen-bond donors (Lipinski definition) is 1. The van der Waals surface area contributed by atoms with E-state index < -0.39 is 11.6 Å². The van der Waals surface area contributed by atoms with Crippen molar-refractivity contribution in [3.8, 4) is 0 Å². The van der Waals surface area contributed by atoms with Crippen LogP contribution in [-0.2, 0) is 6.54 Å². The standard InChI is InChI=1S/C16H16BrF2N/c1-2-16(12-4-3-5-13(17)9-12)20-10-11-6-7-14(18)15(19)8-11/h3-9,16,20H,2,10H2,1H3. The van der Waals surface area contributed by atoms with E-state index in [4.69, 9.17) is 0 Å². The van der Waals surface area contributed by atoms with Crippen molar-refractivity contribution in [2.75, 3.05) is 0 Å². The van der Waals surface area contributed by atoms with Gasteiger partial charge >= 0.3 is 0 Å². The van der Waals surface area contributed by atoms with Crippen molar-refractivity contribution in [3.05, 3.63) is 69.7 Å². The maximum Gasteiger partial charge on any atom is 0.159 e. The molecule has 0 radical (unpaired) electrons. The molecule has 1 nitrogen and oxygen atoms in total. The van der Waals surface area contributed by atoms with Gasteiger partial charge in [-0.2, -0.15) is 0 Å². The summed E-state index contributed by atoms with van der Waals surface area (Å²) in [6.07, 6.45) is 0.917. The van der Waals surface area contributed by atoms with Crippen molar-refractivity contribution in [2.45, 2.75) is 25.9 Å². The minimum absolute atomic E-state index is 0.181. The Bertz CT molecular complexity index is 586. The maximum absolute atomic E-state index is 13.2. The van der Waals surface area contributed by atoms with Crippen molar-refractivity contribution in [2.24, 2.45) is 0 Å². The monoisotopic (exact) mass is 339 g/mol. The second kappa shape index (κ2) is 6.95. The molecule has 0 fully saturated rings. The summed E-state index contributed by atoms with van der Waals surface area (Å²) in [5, 5.41) is 3.37. The van der Waals surface area contributed by atoms with Crippen LogP contribution in [0, 0.1) is 11.6 Å². The molecule has 0 saturated carbocycles. The van der Waals surface area contributed by atoms with Crippen LogP contribution >= 0.6 is 15.9 Å². The molecular weight excluding hydrogens is 324 g/mol. The van der Waals surface area contributed by atoms with Crippen LogP contribution in [-0.4, -0.2) is 0 Å². The van der Waals surface area contributed by atoms with Crippen molar-refractivity contribution in [3.63, 3.8) is 0 Å². The van der Waals surface area contributed by atoms with Crippen molar-refractivity contribution < 1.29 is 8.78 Å². The lowest BCUT2D eigenvalue weighted by Gasteiger charge is -2.18. The Morgan fingerprint density at radius 2 is 1.90 bits per heavy atom. The van der Waals surface area contributed by atoms with Gasteiger partial charge in [0, 0.05) is 17.1 Å². The van der Waals surface area contributed by atoms with E-state index in [0.717, 1.165) is 22.5 Å². The third-order valence-corrected chi connectivity index (χ3v) is 3.69. The average molecular weight is 340 g/mol. The molecule has 0 aromatic heterocycles. The molecule has 0 saturated heterocycles. The molecular formula is C16H16BrF2N. The van der Waals surface area contributed by atoms with Crippen LogP contribution < -0.4 is 5.32 Å². The molecule has 20 heavy (non-hydrogen) atoms. The molecule has 0 aliphatic heterocycles. The quantitative estimate of drug-likeness (QED) is 0.810. The molecule has 106 valence electrons. The molecule has 0 aliphatic rings. The SMILES string of the molecule is CCC(NCc1ccc(F)c(F)c1)c1cccc(Br)c1. The van der Waals surface area contributed by atoms with E-state index in [1.165, 1.54) is 11.6 Å². The van der Waals surface area contributed by atoms with Crippen molar-refractivity contribution in [1.29, 1.82) is 0 Å². The van der Waals surface area contributed by atoms with Gasteiger partial charge in [-0.05, 0) is 41.8 Å². The van der Waals surface area contributed by atoms with Gasteiger partial charge in [-0.25, -0.2) is 8.78 Å². The Kier molecular flexibility index (Phi) is 5.26. The van der Waals surface area contributed by atoms with Crippen LogP contribution in [0.15, 0.2) is 46.9 Å². The Balaban J connectivity index is 2.05. The van der Waals surface area contributed by atoms with Crippen LogP contribution in [0.5, 0.6) is 0 Å². The Labute approximate surface area is 126 Å². The number of rotatable bonds is 5. The molecule has 1 unspecified atom stereocenters. The van der Waals surface area contributed by atoms with Crippen LogP contribution in [0.4, 0.5) is 8.78 Å². The van der Waals surface area contributed by atoms with E-state index in [2.05, 4.69) is 40.3 Å². The lowest BCUT2D eigenvalue weighted by Crippen LogP contribution is -2.20. The van der Waals surface area contributed by atoms with Crippen molar-refractivity contribution in [1.82, 2.24) is 5.32 Å². The molecule has 0 bridgehead atoms. The van der Waals surface area contributed by atoms with E-state index in [0.29, 0.717) is 6.54 Å². The Hall–Kier alpha value is -1.26. The number of nitrogens with one attached hydrogen (secondary N) is 1. The van der Waals surface area contributed by atoms with Gasteiger partial charge in [0.05, 0.1) is 0 Å². The fraction of sp³-hybridized carbons (Fsp3) is 0.250. The molecule has 1 N–H and O–H groups in total. The second-order valence-corrected chi connectivity index (χ2v) is 5.56. The summed E-state index contributed by atoms with van der Waals surface area (Å²) < 4.78 is 27.1. The average Bonchev–Trinajstić information content (AvgIpc) is 2.43. The van der Waals surface area contributed by atoms with Gasteiger partial charge in [0.15, 0.2) is 11.6 Å². The van der Waals surface area contributed by atoms with Gasteiger partial charge in [0.25, 0.3) is 0 Å². The van der Waals surface area contributed by atoms with Crippen LogP contribution in [0.3, 0.4) is 0 Å². The van der Waals surface area contributed by atoms with Gasteiger partial charge in [-0.1, -0.05) is 41.1 Å². The summed E-state index contributed by atoms with van der Waals surface area (Å²) in [6.45, 7) is 2.59. The highest BCUT2D eigenvalue weighted by Crippen LogP contribution is 2.21. The number of halogens is 3. The Morgan fingerprint density at radius 1 is 1.10 bits per heavy atom. The maximum atomic E-state index is 13.2. The first-order valence-electron chi connectivity index (χ1n) is 6.53. The first kappa shape index (κ1) is 15.1. The minimum Gasteiger partial charge on any atom is -0.306 e. The van der Waals surface area contributed by atoms with E-state index in [1.807, 2.05) is 12.1 Å². The number of hydrogen-bond acceptors (Lipinski definition) is 1. The second-order valence-electron chi connectivity index (χ2n) is 4.65. The Morgan fingerprint density at radius 3 is 2.55 bits per heavy atom. The smallest absolute Gasteiger partial charge is 0.159 e. The van der Waals surface area contributed by atoms with Gasteiger partial charge < -0.3 is 5.32 Å². The van der Waals surface area contributed by atoms with Gasteiger partial charge in [0.2, 0.25) is 0 Å². The molecule has 2 rings (SSSR count). The van der Waals surface area contributed by atoms with Crippen LogP contribution in [0.1, 0.15) is 30.5 Å². The van der Waals surface area contributed by atoms with Crippen LogP contribution in [0.25, 0.3) is 0 Å². The summed E-state index contributed by atoms with van der Waals surface area (Å²) >= 11 is 3.45. The molecule has 0 spiro atoms. The van der Waals surface area contributed by atoms with Gasteiger partial charge in [-0.3, -0.25) is 0 Å². The normalized spacial score (nSPS) is 12.4. The lowest BCUT2D eigenvalue weighted by molar-refractivity contribution is 0.497. The molecule has 2 aromatic rings. The minimum atomic E-state index is -0.812. The third-order valence-electron chi connectivity index (χ3n) is 3.20. The first-order chi connectivity index (χ1) is 9.60. The van der Waals surface area contributed by atoms with E-state index in [1.54, 1.807) is 6.07 Å². The predicted octanol–water partition coefficient (Wildman–Crippen LogP) is 4.97. The van der Waals surface area contributed by atoms with E-state index in [-0.39, 0.29) is 6.04 Å². The third kappa shape index (κ3) is 3.87. The molecule has 0 aliphatic carbocycles. The summed E-state index contributed by atoms with van der Waals surface area (Å²) in [5.41, 5.74) is 1.90. The molecule has 1 atom stereocenters. The van der Waals surface area contributed by atoms with Gasteiger partial charge in [-0.15, -0.1) is 0 Å². The molecule has 4 heteroatoms. The first-order valence-corrected chi connectivity index (χ1v) is 7.32. The summed E-state index contributed by atoms with van der Waals surface area (Å²) in [4.78, 5) is 0. The largest absolute Gasteiger partial charge is 0.306 e. The summed E-state index contributed by atoms with van der Waals surface area (Å²) in [5.74, 6) is -1.62. The fourth-order valence-electron chi connectivity index (χ4n) is 2.11. The highest BCUT2D eigenvalue weighted by molar-refractivity contribution is 9.10. The topological polar surface area (TPSA) is 12.0 Å². The number of benzene rings is 2. The highest BCUT2D eigenvalue weighted by atomic mass is 79.9. The zero-order valence-electron chi connectivity index (χ0n) is 11.2.